The van der Waals surface area contributed by atoms with Gasteiger partial charge in [-0.15, -0.1) is 11.3 Å². The maximum absolute atomic E-state index is 14.8. The van der Waals surface area contributed by atoms with E-state index in [4.69, 9.17) is 5.73 Å². The van der Waals surface area contributed by atoms with Gasteiger partial charge in [-0.05, 0) is 70.0 Å². The van der Waals surface area contributed by atoms with Crippen molar-refractivity contribution in [3.05, 3.63) is 64.9 Å². The quantitative estimate of drug-likeness (QED) is 0.398. The van der Waals surface area contributed by atoms with Crippen LogP contribution in [0.1, 0.15) is 49.3 Å². The molecule has 188 valence electrons. The predicted octanol–water partition coefficient (Wildman–Crippen LogP) is 4.57. The third-order valence-corrected chi connectivity index (χ3v) is 8.81. The van der Waals surface area contributed by atoms with E-state index in [9.17, 15) is 27.1 Å². The monoisotopic (exact) mass is 523 g/mol. The van der Waals surface area contributed by atoms with Crippen LogP contribution in [0.3, 0.4) is 0 Å². The van der Waals surface area contributed by atoms with Crippen LogP contribution in [-0.2, 0) is 22.0 Å². The van der Waals surface area contributed by atoms with Gasteiger partial charge in [-0.25, -0.2) is 22.2 Å². The van der Waals surface area contributed by atoms with Crippen LogP contribution in [0.4, 0.5) is 19.6 Å². The summed E-state index contributed by atoms with van der Waals surface area (Å²) in [5, 5.41) is 12.6. The number of anilines is 2. The van der Waals surface area contributed by atoms with Crippen molar-refractivity contribution in [2.24, 2.45) is 5.73 Å². The molecule has 0 aliphatic heterocycles. The van der Waals surface area contributed by atoms with Crippen molar-refractivity contribution in [1.29, 1.82) is 0 Å². The topological polar surface area (TPSA) is 122 Å². The molecule has 2 heterocycles. The van der Waals surface area contributed by atoms with Gasteiger partial charge in [-0.2, -0.15) is 0 Å². The van der Waals surface area contributed by atoms with E-state index in [2.05, 4.69) is 10.3 Å². The van der Waals surface area contributed by atoms with Crippen LogP contribution in [0.25, 0.3) is 10.4 Å². The maximum Gasteiger partial charge on any atom is 0.251 e. The Morgan fingerprint density at radius 3 is 2.37 bits per heavy atom. The summed E-state index contributed by atoms with van der Waals surface area (Å²) in [7, 11) is -3.48. The first-order valence-corrected chi connectivity index (χ1v) is 13.2. The molecule has 0 spiro atoms. The summed E-state index contributed by atoms with van der Waals surface area (Å²) in [6.07, 6.45) is -0.675. The molecule has 11 heteroatoms. The van der Waals surface area contributed by atoms with Crippen LogP contribution in [0.2, 0.25) is 0 Å². The molecule has 35 heavy (non-hydrogen) atoms. The normalized spacial score (nSPS) is 13.0. The van der Waals surface area contributed by atoms with Gasteiger partial charge in [0.15, 0.2) is 9.84 Å². The predicted molar refractivity (Wildman–Crippen MR) is 133 cm³/mol. The number of pyridine rings is 1. The van der Waals surface area contributed by atoms with E-state index >= 15 is 0 Å². The number of rotatable bonds is 8. The molecular formula is C24H27F2N3O4S2. The fourth-order valence-electron chi connectivity index (χ4n) is 3.27. The second-order valence-electron chi connectivity index (χ2n) is 9.22. The summed E-state index contributed by atoms with van der Waals surface area (Å²) in [4.78, 5) is 16.5. The number of aliphatic hydroxyl groups excluding tert-OH is 1. The third-order valence-electron chi connectivity index (χ3n) is 5.20. The lowest BCUT2D eigenvalue weighted by Gasteiger charge is -2.19. The van der Waals surface area contributed by atoms with Gasteiger partial charge >= 0.3 is 0 Å². The minimum Gasteiger partial charge on any atom is -0.393 e. The number of hydrogen-bond donors (Lipinski definition) is 3. The summed E-state index contributed by atoms with van der Waals surface area (Å²) in [5.41, 5.74) is 5.77. The lowest BCUT2D eigenvalue weighted by molar-refractivity contribution is 0.100. The fourth-order valence-corrected chi connectivity index (χ4v) is 5.37. The van der Waals surface area contributed by atoms with Gasteiger partial charge in [0.25, 0.3) is 5.91 Å². The molecule has 7 nitrogen and oxygen atoms in total. The van der Waals surface area contributed by atoms with Crippen molar-refractivity contribution >= 4 is 37.9 Å². The number of hydrogen-bond acceptors (Lipinski definition) is 7. The highest BCUT2D eigenvalue weighted by Gasteiger charge is 2.29. The van der Waals surface area contributed by atoms with E-state index in [1.165, 1.54) is 13.0 Å². The number of nitrogens with one attached hydrogen (secondary N) is 1. The first kappa shape index (κ1) is 26.7. The SMILES string of the molecule is CC(O)Cc1cc(F)c(-c2cc(C(N)=O)c(Nc3cccc(CS(=O)(=O)C(C)(C)C)n3)s2)c(F)c1. The van der Waals surface area contributed by atoms with E-state index in [0.717, 1.165) is 23.5 Å². The number of amides is 1. The third kappa shape index (κ3) is 6.22. The lowest BCUT2D eigenvalue weighted by atomic mass is 10.0. The van der Waals surface area contributed by atoms with E-state index in [-0.39, 0.29) is 39.0 Å². The van der Waals surface area contributed by atoms with Gasteiger partial charge in [0.1, 0.15) is 22.5 Å². The number of benzene rings is 1. The average Bonchev–Trinajstić information content (AvgIpc) is 3.09. The molecule has 0 saturated carbocycles. The molecule has 0 bridgehead atoms. The minimum atomic E-state index is -3.48. The largest absolute Gasteiger partial charge is 0.393 e. The molecule has 0 aliphatic rings. The van der Waals surface area contributed by atoms with Gasteiger partial charge < -0.3 is 16.2 Å². The van der Waals surface area contributed by atoms with Gasteiger partial charge in [-0.3, -0.25) is 4.79 Å². The van der Waals surface area contributed by atoms with Crippen molar-refractivity contribution in [1.82, 2.24) is 4.98 Å². The van der Waals surface area contributed by atoms with Gasteiger partial charge in [0.2, 0.25) is 0 Å². The molecule has 1 atom stereocenters. The summed E-state index contributed by atoms with van der Waals surface area (Å²) in [5.74, 6) is -2.52. The number of thiophene rings is 1. The first-order valence-electron chi connectivity index (χ1n) is 10.7. The summed E-state index contributed by atoms with van der Waals surface area (Å²) in [6, 6.07) is 8.33. The van der Waals surface area contributed by atoms with Gasteiger partial charge in [0.05, 0.1) is 33.4 Å². The number of nitrogens with zero attached hydrogens (tertiary/aromatic N) is 1. The molecule has 3 rings (SSSR count). The molecule has 0 aliphatic carbocycles. The van der Waals surface area contributed by atoms with E-state index in [1.807, 2.05) is 0 Å². The zero-order chi connectivity index (χ0) is 26.1. The van der Waals surface area contributed by atoms with E-state index in [0.29, 0.717) is 11.3 Å². The number of aliphatic hydroxyl groups is 1. The number of halogens is 2. The van der Waals surface area contributed by atoms with Crippen LogP contribution in [0.5, 0.6) is 0 Å². The van der Waals surface area contributed by atoms with Crippen LogP contribution in [0, 0.1) is 11.6 Å². The summed E-state index contributed by atoms with van der Waals surface area (Å²) >= 11 is 0.908. The zero-order valence-electron chi connectivity index (χ0n) is 19.7. The highest BCUT2D eigenvalue weighted by molar-refractivity contribution is 7.91. The lowest BCUT2D eigenvalue weighted by Crippen LogP contribution is -2.29. The minimum absolute atomic E-state index is 0.00590. The summed E-state index contributed by atoms with van der Waals surface area (Å²) in [6.45, 7) is 6.32. The fraction of sp³-hybridized carbons (Fsp3) is 0.333. The second-order valence-corrected chi connectivity index (χ2v) is 13.0. The Kier molecular flexibility index (Phi) is 7.63. The number of carbonyl (C=O) groups is 1. The number of sulfone groups is 1. The molecule has 0 radical (unpaired) electrons. The Bertz CT molecular complexity index is 1340. The highest BCUT2D eigenvalue weighted by Crippen LogP contribution is 2.39. The van der Waals surface area contributed by atoms with Crippen LogP contribution in [-0.4, -0.2) is 35.3 Å². The van der Waals surface area contributed by atoms with Gasteiger partial charge in [-0.1, -0.05) is 6.07 Å². The molecule has 2 aromatic heterocycles. The molecule has 3 aromatic rings. The van der Waals surface area contributed by atoms with Crippen LogP contribution in [0.15, 0.2) is 36.4 Å². The Balaban J connectivity index is 1.96. The average molecular weight is 524 g/mol. The first-order chi connectivity index (χ1) is 16.2. The molecular weight excluding hydrogens is 496 g/mol. The van der Waals surface area contributed by atoms with Crippen molar-refractivity contribution in [3.63, 3.8) is 0 Å². The number of aromatic nitrogens is 1. The molecule has 4 N–H and O–H groups in total. The Hall–Kier alpha value is -2.89. The summed E-state index contributed by atoms with van der Waals surface area (Å²) < 4.78 is 53.7. The van der Waals surface area contributed by atoms with Crippen molar-refractivity contribution in [3.8, 4) is 10.4 Å². The van der Waals surface area contributed by atoms with Crippen molar-refractivity contribution in [2.45, 2.75) is 50.7 Å². The number of nitrogens with two attached hydrogens (primary N) is 1. The molecule has 1 aromatic carbocycles. The molecule has 0 saturated heterocycles. The number of primary amides is 1. The van der Waals surface area contributed by atoms with Crippen molar-refractivity contribution < 1.29 is 27.1 Å². The Morgan fingerprint density at radius 2 is 1.83 bits per heavy atom. The van der Waals surface area contributed by atoms with E-state index < -0.39 is 38.2 Å². The number of carbonyl (C=O) groups excluding carboxylic acids is 1. The van der Waals surface area contributed by atoms with Crippen molar-refractivity contribution in [2.75, 3.05) is 5.32 Å². The Morgan fingerprint density at radius 1 is 1.20 bits per heavy atom. The Labute approximate surface area is 206 Å². The smallest absolute Gasteiger partial charge is 0.251 e. The molecule has 1 amide bonds. The molecule has 0 fully saturated rings. The van der Waals surface area contributed by atoms with Crippen LogP contribution < -0.4 is 11.1 Å². The maximum atomic E-state index is 14.8. The second kappa shape index (κ2) is 10.00. The molecule has 1 unspecified atom stereocenters. The van der Waals surface area contributed by atoms with E-state index in [1.54, 1.807) is 39.0 Å². The standard InChI is InChI=1S/C24H27F2N3O4S2/c1-13(30)8-14-9-17(25)21(18(26)10-14)19-11-16(22(27)31)23(34-19)29-20-7-5-6-15(28-20)12-35(32,33)24(2,3)4/h5-7,9-11,13,30H,8,12H2,1-4H3,(H2,27,31)(H,28,29). The zero-order valence-corrected chi connectivity index (χ0v) is 21.4. The van der Waals surface area contributed by atoms with Gasteiger partial charge in [0, 0.05) is 4.88 Å². The van der Waals surface area contributed by atoms with Crippen LogP contribution >= 0.6 is 11.3 Å². The highest BCUT2D eigenvalue weighted by atomic mass is 32.2.